The molecule has 0 atom stereocenters. The Morgan fingerprint density at radius 2 is 1.89 bits per heavy atom. The van der Waals surface area contributed by atoms with Crippen LogP contribution in [0.1, 0.15) is 16.7 Å². The first kappa shape index (κ1) is 13.1. The number of nitrogens with zero attached hydrogens (tertiary/aromatic N) is 1. The van der Waals surface area contributed by atoms with Crippen molar-refractivity contribution < 1.29 is 4.92 Å². The van der Waals surface area contributed by atoms with E-state index in [4.69, 9.17) is 0 Å². The molecule has 0 unspecified atom stereocenters. The molecule has 0 aliphatic carbocycles. The molecule has 0 aliphatic rings. The van der Waals surface area contributed by atoms with Crippen LogP contribution in [0, 0.1) is 24.0 Å². The summed E-state index contributed by atoms with van der Waals surface area (Å²) in [6.45, 7) is 4.71. The van der Waals surface area contributed by atoms with Crippen molar-refractivity contribution >= 4 is 11.4 Å². The minimum Gasteiger partial charge on any atom is -0.381 e. The van der Waals surface area contributed by atoms with Crippen LogP contribution in [-0.2, 0) is 6.54 Å². The summed E-state index contributed by atoms with van der Waals surface area (Å²) < 4.78 is 0. The van der Waals surface area contributed by atoms with Gasteiger partial charge in [0, 0.05) is 24.4 Å². The molecule has 0 fully saturated rings. The third-order valence-electron chi connectivity index (χ3n) is 3.12. The van der Waals surface area contributed by atoms with Gasteiger partial charge < -0.3 is 5.32 Å². The van der Waals surface area contributed by atoms with Crippen molar-refractivity contribution in [1.29, 1.82) is 0 Å². The molecule has 1 N–H and O–H groups in total. The first-order valence-corrected chi connectivity index (χ1v) is 6.11. The second-order valence-electron chi connectivity index (χ2n) is 4.58. The van der Waals surface area contributed by atoms with Crippen LogP contribution in [0.3, 0.4) is 0 Å². The zero-order valence-corrected chi connectivity index (χ0v) is 11.0. The van der Waals surface area contributed by atoms with Gasteiger partial charge in [-0.15, -0.1) is 0 Å². The van der Waals surface area contributed by atoms with Gasteiger partial charge >= 0.3 is 0 Å². The fourth-order valence-corrected chi connectivity index (χ4v) is 1.84. The van der Waals surface area contributed by atoms with E-state index in [0.717, 1.165) is 11.3 Å². The van der Waals surface area contributed by atoms with Crippen LogP contribution < -0.4 is 5.32 Å². The lowest BCUT2D eigenvalue weighted by molar-refractivity contribution is -0.384. The van der Waals surface area contributed by atoms with E-state index in [1.54, 1.807) is 12.1 Å². The van der Waals surface area contributed by atoms with Gasteiger partial charge in [-0.3, -0.25) is 10.1 Å². The zero-order chi connectivity index (χ0) is 13.8. The summed E-state index contributed by atoms with van der Waals surface area (Å²) in [6, 6.07) is 12.8. The van der Waals surface area contributed by atoms with Gasteiger partial charge in [-0.25, -0.2) is 0 Å². The molecule has 0 aromatic heterocycles. The second kappa shape index (κ2) is 5.52. The van der Waals surface area contributed by atoms with Crippen LogP contribution in [0.15, 0.2) is 42.5 Å². The van der Waals surface area contributed by atoms with Gasteiger partial charge in [0.25, 0.3) is 5.69 Å². The fraction of sp³-hybridized carbons (Fsp3) is 0.200. The number of nitrogens with one attached hydrogen (secondary N) is 1. The lowest BCUT2D eigenvalue weighted by Crippen LogP contribution is -2.00. The van der Waals surface area contributed by atoms with Crippen molar-refractivity contribution in [3.63, 3.8) is 0 Å². The summed E-state index contributed by atoms with van der Waals surface area (Å²) in [4.78, 5) is 10.3. The number of hydrogen-bond donors (Lipinski definition) is 1. The number of anilines is 1. The van der Waals surface area contributed by atoms with Crippen LogP contribution >= 0.6 is 0 Å². The van der Waals surface area contributed by atoms with Crippen LogP contribution in [0.2, 0.25) is 0 Å². The average Bonchev–Trinajstić information content (AvgIpc) is 2.40. The van der Waals surface area contributed by atoms with Crippen molar-refractivity contribution in [2.75, 3.05) is 5.32 Å². The van der Waals surface area contributed by atoms with E-state index < -0.39 is 0 Å². The first-order chi connectivity index (χ1) is 9.06. The Balaban J connectivity index is 2.07. The van der Waals surface area contributed by atoms with Crippen LogP contribution in [0.25, 0.3) is 0 Å². The number of aryl methyl sites for hydroxylation is 2. The molecule has 0 amide bonds. The third kappa shape index (κ3) is 3.31. The minimum atomic E-state index is -0.375. The largest absolute Gasteiger partial charge is 0.381 e. The van der Waals surface area contributed by atoms with E-state index in [1.165, 1.54) is 17.2 Å². The van der Waals surface area contributed by atoms with Crippen LogP contribution in [0.5, 0.6) is 0 Å². The lowest BCUT2D eigenvalue weighted by atomic mass is 10.1. The molecular formula is C15H16N2O2. The van der Waals surface area contributed by atoms with Gasteiger partial charge in [0.2, 0.25) is 0 Å². The quantitative estimate of drug-likeness (QED) is 0.668. The van der Waals surface area contributed by atoms with E-state index in [2.05, 4.69) is 31.3 Å². The zero-order valence-electron chi connectivity index (χ0n) is 11.0. The standard InChI is InChI=1S/C15H16N2O2/c1-11-6-7-14(8-12(11)2)16-10-13-4-3-5-15(9-13)17(18)19/h3-9,16H,10H2,1-2H3. The molecular weight excluding hydrogens is 240 g/mol. The van der Waals surface area contributed by atoms with E-state index >= 15 is 0 Å². The first-order valence-electron chi connectivity index (χ1n) is 6.11. The van der Waals surface area contributed by atoms with Crippen LogP contribution in [0.4, 0.5) is 11.4 Å². The molecule has 4 nitrogen and oxygen atoms in total. The highest BCUT2D eigenvalue weighted by atomic mass is 16.6. The molecule has 0 radical (unpaired) electrons. The Morgan fingerprint density at radius 1 is 1.11 bits per heavy atom. The highest BCUT2D eigenvalue weighted by Crippen LogP contribution is 2.17. The summed E-state index contributed by atoms with van der Waals surface area (Å²) in [5.41, 5.74) is 4.52. The summed E-state index contributed by atoms with van der Waals surface area (Å²) >= 11 is 0. The van der Waals surface area contributed by atoms with Crippen molar-refractivity contribution in [2.24, 2.45) is 0 Å². The van der Waals surface area contributed by atoms with Crippen LogP contribution in [-0.4, -0.2) is 4.92 Å². The smallest absolute Gasteiger partial charge is 0.269 e. The Kier molecular flexibility index (Phi) is 3.80. The Labute approximate surface area is 112 Å². The van der Waals surface area contributed by atoms with Crippen molar-refractivity contribution in [3.05, 3.63) is 69.3 Å². The number of benzene rings is 2. The average molecular weight is 256 g/mol. The molecule has 98 valence electrons. The van der Waals surface area contributed by atoms with Crippen molar-refractivity contribution in [3.8, 4) is 0 Å². The maximum atomic E-state index is 10.7. The van der Waals surface area contributed by atoms with Gasteiger partial charge in [-0.1, -0.05) is 18.2 Å². The number of nitro benzene ring substituents is 1. The summed E-state index contributed by atoms with van der Waals surface area (Å²) in [5.74, 6) is 0. The van der Waals surface area contributed by atoms with E-state index in [1.807, 2.05) is 12.1 Å². The van der Waals surface area contributed by atoms with Gasteiger partial charge in [0.1, 0.15) is 0 Å². The molecule has 0 heterocycles. The van der Waals surface area contributed by atoms with Gasteiger partial charge in [0.05, 0.1) is 4.92 Å². The maximum Gasteiger partial charge on any atom is 0.269 e. The van der Waals surface area contributed by atoms with Gasteiger partial charge in [-0.05, 0) is 42.7 Å². The predicted octanol–water partition coefficient (Wildman–Crippen LogP) is 3.82. The molecule has 0 saturated carbocycles. The molecule has 0 aliphatic heterocycles. The Bertz CT molecular complexity index is 609. The van der Waals surface area contributed by atoms with E-state index in [-0.39, 0.29) is 10.6 Å². The topological polar surface area (TPSA) is 55.2 Å². The molecule has 0 saturated heterocycles. The molecule has 2 aromatic rings. The number of hydrogen-bond acceptors (Lipinski definition) is 3. The summed E-state index contributed by atoms with van der Waals surface area (Å²) in [6.07, 6.45) is 0. The van der Waals surface area contributed by atoms with Crippen molar-refractivity contribution in [1.82, 2.24) is 0 Å². The monoisotopic (exact) mass is 256 g/mol. The normalized spacial score (nSPS) is 10.2. The van der Waals surface area contributed by atoms with Gasteiger partial charge in [-0.2, -0.15) is 0 Å². The SMILES string of the molecule is Cc1ccc(NCc2cccc([N+](=O)[O-])c2)cc1C. The number of rotatable bonds is 4. The summed E-state index contributed by atoms with van der Waals surface area (Å²) in [7, 11) is 0. The molecule has 0 spiro atoms. The summed E-state index contributed by atoms with van der Waals surface area (Å²) in [5, 5.41) is 14.0. The lowest BCUT2D eigenvalue weighted by Gasteiger charge is -2.08. The molecule has 0 bridgehead atoms. The third-order valence-corrected chi connectivity index (χ3v) is 3.12. The van der Waals surface area contributed by atoms with Gasteiger partial charge in [0.15, 0.2) is 0 Å². The predicted molar refractivity (Wildman–Crippen MR) is 76.3 cm³/mol. The Morgan fingerprint density at radius 3 is 2.58 bits per heavy atom. The molecule has 4 heteroatoms. The second-order valence-corrected chi connectivity index (χ2v) is 4.58. The highest BCUT2D eigenvalue weighted by molar-refractivity contribution is 5.49. The van der Waals surface area contributed by atoms with Crippen molar-refractivity contribution in [2.45, 2.75) is 20.4 Å². The fourth-order valence-electron chi connectivity index (χ4n) is 1.84. The highest BCUT2D eigenvalue weighted by Gasteiger charge is 2.05. The molecule has 19 heavy (non-hydrogen) atoms. The van der Waals surface area contributed by atoms with E-state index in [0.29, 0.717) is 6.54 Å². The Hall–Kier alpha value is -2.36. The number of non-ortho nitro benzene ring substituents is 1. The molecule has 2 aromatic carbocycles. The minimum absolute atomic E-state index is 0.124. The maximum absolute atomic E-state index is 10.7. The molecule has 2 rings (SSSR count). The number of nitro groups is 1. The van der Waals surface area contributed by atoms with E-state index in [9.17, 15) is 10.1 Å².